The molecule has 3 rings (SSSR count). The van der Waals surface area contributed by atoms with Crippen molar-refractivity contribution in [3.8, 4) is 0 Å². The number of carbonyl (C=O) groups excluding carboxylic acids is 3. The summed E-state index contributed by atoms with van der Waals surface area (Å²) in [6.07, 6.45) is 8.83. The highest BCUT2D eigenvalue weighted by Gasteiger charge is 2.56. The molecule has 150 valence electrons. The number of nitrogens with one attached hydrogen (secondary N) is 2. The molecule has 2 aliphatic rings. The Balaban J connectivity index is 1.58. The Morgan fingerprint density at radius 1 is 1.11 bits per heavy atom. The van der Waals surface area contributed by atoms with Crippen molar-refractivity contribution in [2.24, 2.45) is 5.41 Å². The highest BCUT2D eigenvalue weighted by Crippen LogP contribution is 2.47. The summed E-state index contributed by atoms with van der Waals surface area (Å²) < 4.78 is 5.03. The van der Waals surface area contributed by atoms with E-state index in [2.05, 4.69) is 16.7 Å². The molecular weight excluding hydrogens is 356 g/mol. The first-order valence-electron chi connectivity index (χ1n) is 10.1. The standard InChI is InChI=1S/C22H28N2O4/c1-2-28-19(25)17-10-6-7-11-18(17)24-21(27)22(13-14-22)20(26)23-15-12-16-8-4-3-5-9-16/h6-8,10-11H,2-5,9,12-15H2,1H3,(H,23,26)(H,24,27). The van der Waals surface area contributed by atoms with Gasteiger partial charge < -0.3 is 15.4 Å². The average molecular weight is 384 g/mol. The molecule has 1 fully saturated rings. The predicted octanol–water partition coefficient (Wildman–Crippen LogP) is 3.59. The summed E-state index contributed by atoms with van der Waals surface area (Å²) in [6.45, 7) is 2.54. The van der Waals surface area contributed by atoms with Crippen LogP contribution in [0.1, 0.15) is 62.2 Å². The molecule has 1 aromatic rings. The molecule has 6 nitrogen and oxygen atoms in total. The van der Waals surface area contributed by atoms with E-state index in [1.807, 2.05) is 0 Å². The highest BCUT2D eigenvalue weighted by atomic mass is 16.5. The first-order chi connectivity index (χ1) is 13.6. The summed E-state index contributed by atoms with van der Waals surface area (Å²) in [5, 5.41) is 5.69. The molecule has 0 saturated heterocycles. The lowest BCUT2D eigenvalue weighted by Gasteiger charge is -2.18. The second-order valence-corrected chi connectivity index (χ2v) is 7.42. The molecule has 0 spiro atoms. The lowest BCUT2D eigenvalue weighted by atomic mass is 9.97. The fraction of sp³-hybridized carbons (Fsp3) is 0.500. The van der Waals surface area contributed by atoms with Crippen molar-refractivity contribution >= 4 is 23.5 Å². The van der Waals surface area contributed by atoms with Gasteiger partial charge in [-0.15, -0.1) is 0 Å². The summed E-state index contributed by atoms with van der Waals surface area (Å²) in [4.78, 5) is 37.5. The van der Waals surface area contributed by atoms with Gasteiger partial charge in [0.15, 0.2) is 0 Å². The van der Waals surface area contributed by atoms with E-state index in [9.17, 15) is 14.4 Å². The van der Waals surface area contributed by atoms with Gasteiger partial charge in [0.1, 0.15) is 5.41 Å². The summed E-state index contributed by atoms with van der Waals surface area (Å²) in [6, 6.07) is 6.69. The third kappa shape index (κ3) is 4.61. The van der Waals surface area contributed by atoms with E-state index in [1.54, 1.807) is 31.2 Å². The lowest BCUT2D eigenvalue weighted by Crippen LogP contribution is -2.40. The maximum Gasteiger partial charge on any atom is 0.340 e. The fourth-order valence-electron chi connectivity index (χ4n) is 3.54. The normalized spacial score (nSPS) is 17.2. The Kier molecular flexibility index (Phi) is 6.49. The second kappa shape index (κ2) is 9.04. The minimum Gasteiger partial charge on any atom is -0.462 e. The monoisotopic (exact) mass is 384 g/mol. The average Bonchev–Trinajstić information content (AvgIpc) is 3.51. The largest absolute Gasteiger partial charge is 0.462 e. The number of ether oxygens (including phenoxy) is 1. The van der Waals surface area contributed by atoms with Gasteiger partial charge in [-0.1, -0.05) is 23.8 Å². The van der Waals surface area contributed by atoms with E-state index in [4.69, 9.17) is 4.74 Å². The molecule has 0 radical (unpaired) electrons. The first-order valence-corrected chi connectivity index (χ1v) is 10.1. The van der Waals surface area contributed by atoms with Crippen LogP contribution in [-0.4, -0.2) is 30.9 Å². The molecular formula is C22H28N2O4. The summed E-state index contributed by atoms with van der Waals surface area (Å²) in [5.41, 5.74) is 1.03. The van der Waals surface area contributed by atoms with Crippen LogP contribution in [-0.2, 0) is 14.3 Å². The van der Waals surface area contributed by atoms with Crippen LogP contribution in [0.15, 0.2) is 35.9 Å². The minimum atomic E-state index is -1.03. The van der Waals surface area contributed by atoms with Crippen LogP contribution in [0.4, 0.5) is 5.69 Å². The molecule has 2 amide bonds. The van der Waals surface area contributed by atoms with Crippen LogP contribution in [0.2, 0.25) is 0 Å². The molecule has 0 bridgehead atoms. The molecule has 0 unspecified atom stereocenters. The molecule has 0 aromatic heterocycles. The molecule has 0 heterocycles. The number of amides is 2. The van der Waals surface area contributed by atoms with Crippen molar-refractivity contribution in [3.63, 3.8) is 0 Å². The highest BCUT2D eigenvalue weighted by molar-refractivity contribution is 6.14. The Labute approximate surface area is 165 Å². The summed E-state index contributed by atoms with van der Waals surface area (Å²) >= 11 is 0. The van der Waals surface area contributed by atoms with E-state index in [1.165, 1.54) is 18.4 Å². The smallest absolute Gasteiger partial charge is 0.340 e. The maximum absolute atomic E-state index is 12.8. The molecule has 6 heteroatoms. The SMILES string of the molecule is CCOC(=O)c1ccccc1NC(=O)C1(C(=O)NCCC2=CCCCC2)CC1. The minimum absolute atomic E-state index is 0.227. The van der Waals surface area contributed by atoms with Gasteiger partial charge in [0.05, 0.1) is 17.9 Å². The Hall–Kier alpha value is -2.63. The molecule has 2 N–H and O–H groups in total. The van der Waals surface area contributed by atoms with Crippen molar-refractivity contribution in [2.75, 3.05) is 18.5 Å². The van der Waals surface area contributed by atoms with Gasteiger partial charge in [0, 0.05) is 6.54 Å². The van der Waals surface area contributed by atoms with Crippen LogP contribution < -0.4 is 10.6 Å². The summed E-state index contributed by atoms with van der Waals surface area (Å²) in [5.74, 6) is -1.08. The van der Waals surface area contributed by atoms with Gasteiger partial charge in [0.2, 0.25) is 11.8 Å². The molecule has 1 saturated carbocycles. The molecule has 2 aliphatic carbocycles. The van der Waals surface area contributed by atoms with E-state index in [0.29, 0.717) is 25.1 Å². The molecule has 28 heavy (non-hydrogen) atoms. The van der Waals surface area contributed by atoms with Gasteiger partial charge in [-0.25, -0.2) is 4.79 Å². The Bertz CT molecular complexity index is 780. The fourth-order valence-corrected chi connectivity index (χ4v) is 3.54. The van der Waals surface area contributed by atoms with Crippen molar-refractivity contribution in [1.82, 2.24) is 5.32 Å². The van der Waals surface area contributed by atoms with E-state index >= 15 is 0 Å². The Morgan fingerprint density at radius 3 is 2.57 bits per heavy atom. The predicted molar refractivity (Wildman–Crippen MR) is 107 cm³/mol. The van der Waals surface area contributed by atoms with E-state index < -0.39 is 11.4 Å². The number of carbonyl (C=O) groups is 3. The summed E-state index contributed by atoms with van der Waals surface area (Å²) in [7, 11) is 0. The van der Waals surface area contributed by atoms with Gasteiger partial charge in [-0.3, -0.25) is 9.59 Å². The number of para-hydroxylation sites is 1. The first kappa shape index (κ1) is 20.1. The number of anilines is 1. The van der Waals surface area contributed by atoms with Gasteiger partial charge in [-0.05, 0) is 64.0 Å². The number of benzene rings is 1. The zero-order valence-electron chi connectivity index (χ0n) is 16.4. The quantitative estimate of drug-likeness (QED) is 0.407. The van der Waals surface area contributed by atoms with Crippen molar-refractivity contribution in [3.05, 3.63) is 41.5 Å². The molecule has 0 atom stereocenters. The third-order valence-electron chi connectivity index (χ3n) is 5.41. The van der Waals surface area contributed by atoms with Gasteiger partial charge >= 0.3 is 5.97 Å². The number of rotatable bonds is 8. The number of esters is 1. The van der Waals surface area contributed by atoms with Crippen molar-refractivity contribution < 1.29 is 19.1 Å². The molecule has 1 aromatic carbocycles. The van der Waals surface area contributed by atoms with E-state index in [0.717, 1.165) is 19.3 Å². The molecule has 0 aliphatic heterocycles. The van der Waals surface area contributed by atoms with Crippen LogP contribution >= 0.6 is 0 Å². The van der Waals surface area contributed by atoms with Gasteiger partial charge in [-0.2, -0.15) is 0 Å². The van der Waals surface area contributed by atoms with Crippen molar-refractivity contribution in [1.29, 1.82) is 0 Å². The second-order valence-electron chi connectivity index (χ2n) is 7.42. The maximum atomic E-state index is 12.8. The van der Waals surface area contributed by atoms with Crippen LogP contribution in [0.5, 0.6) is 0 Å². The zero-order chi connectivity index (χ0) is 20.0. The van der Waals surface area contributed by atoms with E-state index in [-0.39, 0.29) is 24.0 Å². The van der Waals surface area contributed by atoms with Gasteiger partial charge in [0.25, 0.3) is 0 Å². The van der Waals surface area contributed by atoms with Crippen molar-refractivity contribution in [2.45, 2.75) is 51.9 Å². The van der Waals surface area contributed by atoms with Crippen LogP contribution in [0, 0.1) is 5.41 Å². The number of allylic oxidation sites excluding steroid dienone is 1. The topological polar surface area (TPSA) is 84.5 Å². The Morgan fingerprint density at radius 2 is 1.89 bits per heavy atom. The number of hydrogen-bond donors (Lipinski definition) is 2. The van der Waals surface area contributed by atoms with Crippen LogP contribution in [0.3, 0.4) is 0 Å². The number of hydrogen-bond acceptors (Lipinski definition) is 4. The zero-order valence-corrected chi connectivity index (χ0v) is 16.4. The third-order valence-corrected chi connectivity index (χ3v) is 5.41. The lowest BCUT2D eigenvalue weighted by molar-refractivity contribution is -0.134. The van der Waals surface area contributed by atoms with Crippen LogP contribution in [0.25, 0.3) is 0 Å².